The number of primary amides is 1. The number of rotatable bonds is 48. The highest BCUT2D eigenvalue weighted by molar-refractivity contribution is 6.32. The number of nitrogens with one attached hydrogen (secondary N) is 4. The summed E-state index contributed by atoms with van der Waals surface area (Å²) < 4.78 is 21.0. The van der Waals surface area contributed by atoms with E-state index in [1.165, 1.54) is 6.92 Å². The number of nitrogens with two attached hydrogens (primary N) is 1. The van der Waals surface area contributed by atoms with Gasteiger partial charge in [-0.25, -0.2) is 9.59 Å². The molecule has 0 radical (unpaired) electrons. The van der Waals surface area contributed by atoms with Crippen molar-refractivity contribution in [3.8, 4) is 0 Å². The van der Waals surface area contributed by atoms with Crippen LogP contribution >= 0.6 is 0 Å². The average molecular weight is 1140 g/mol. The normalized spacial score (nSPS) is 12.2. The minimum Gasteiger partial charge on any atom is -0.481 e. The quantitative estimate of drug-likeness (QED) is 0.0334. The zero-order valence-corrected chi connectivity index (χ0v) is 46.2. The van der Waals surface area contributed by atoms with Gasteiger partial charge in [0, 0.05) is 76.6 Å². The van der Waals surface area contributed by atoms with E-state index in [9.17, 15) is 72.5 Å². The molecule has 0 aromatic heterocycles. The molecule has 0 saturated carbocycles. The summed E-state index contributed by atoms with van der Waals surface area (Å²) in [6, 6.07) is 5.29. The second-order valence-electron chi connectivity index (χ2n) is 18.8. The number of carbonyl (C=O) groups excluding carboxylic acids is 9. The number of ether oxygens (including phenoxy) is 4. The molecule has 4 atom stereocenters. The van der Waals surface area contributed by atoms with E-state index in [1.807, 2.05) is 26.0 Å². The van der Waals surface area contributed by atoms with Crippen molar-refractivity contribution in [3.63, 3.8) is 0 Å². The van der Waals surface area contributed by atoms with Crippen LogP contribution in [-0.2, 0) is 76.5 Å². The van der Waals surface area contributed by atoms with Crippen molar-refractivity contribution < 1.29 is 102 Å². The van der Waals surface area contributed by atoms with E-state index >= 15 is 0 Å². The molecule has 26 heteroatoms. The lowest BCUT2D eigenvalue weighted by Gasteiger charge is -2.15. The predicted molar refractivity (Wildman–Crippen MR) is 285 cm³/mol. The molecular formula is C54H83N5O21. The van der Waals surface area contributed by atoms with Crippen LogP contribution in [-0.4, -0.2) is 175 Å². The molecule has 0 aliphatic rings. The van der Waals surface area contributed by atoms with Crippen molar-refractivity contribution >= 4 is 76.5 Å². The van der Waals surface area contributed by atoms with Crippen LogP contribution in [0.3, 0.4) is 0 Å². The van der Waals surface area contributed by atoms with Crippen LogP contribution in [0.15, 0.2) is 24.3 Å². The second kappa shape index (κ2) is 44.8. The number of aryl methyl sites for hydroxylation is 1. The molecule has 0 saturated heterocycles. The fraction of sp³-hybridized carbons (Fsp3) is 0.648. The van der Waals surface area contributed by atoms with Crippen molar-refractivity contribution in [2.75, 3.05) is 65.9 Å². The molecular weight excluding hydrogens is 1050 g/mol. The Morgan fingerprint density at radius 2 is 1.12 bits per heavy atom. The molecule has 26 nitrogen and oxygen atoms in total. The third-order valence-corrected chi connectivity index (χ3v) is 11.7. The lowest BCUT2D eigenvalue weighted by molar-refractivity contribution is -0.149. The van der Waals surface area contributed by atoms with Crippen molar-refractivity contribution in [1.29, 1.82) is 0 Å². The number of unbranched alkanes of at least 4 members (excludes halogenated alkanes) is 3. The van der Waals surface area contributed by atoms with Crippen LogP contribution in [0.1, 0.15) is 145 Å². The van der Waals surface area contributed by atoms with Gasteiger partial charge in [0.1, 0.15) is 36.9 Å². The number of ketones is 4. The molecule has 0 heterocycles. The summed E-state index contributed by atoms with van der Waals surface area (Å²) in [5, 5.41) is 46.1. The number of carboxylic acids is 4. The second-order valence-corrected chi connectivity index (χ2v) is 18.8. The number of carboxylic acid groups (broad SMARTS) is 4. The number of carbonyl (C=O) groups is 13. The van der Waals surface area contributed by atoms with Crippen LogP contribution in [0.5, 0.6) is 0 Å². The predicted octanol–water partition coefficient (Wildman–Crippen LogP) is 2.26. The first-order chi connectivity index (χ1) is 38.0. The Morgan fingerprint density at radius 3 is 1.74 bits per heavy atom. The molecule has 0 aliphatic carbocycles. The van der Waals surface area contributed by atoms with E-state index in [2.05, 4.69) is 21.3 Å². The first kappa shape index (κ1) is 73.0. The van der Waals surface area contributed by atoms with Gasteiger partial charge in [-0.15, -0.1) is 0 Å². The molecule has 80 heavy (non-hydrogen) atoms. The summed E-state index contributed by atoms with van der Waals surface area (Å²) in [5.74, 6) is -10.3. The Bertz CT molecular complexity index is 2140. The molecule has 0 bridgehead atoms. The Kier molecular flexibility index (Phi) is 40.8. The number of hydrogen-bond donors (Lipinski definition) is 9. The number of benzene rings is 1. The fourth-order valence-electron chi connectivity index (χ4n) is 7.07. The maximum Gasteiger partial charge on any atom is 0.372 e. The van der Waals surface area contributed by atoms with Crippen LogP contribution in [0, 0.1) is 18.8 Å². The van der Waals surface area contributed by atoms with Gasteiger partial charge in [-0.3, -0.25) is 52.7 Å². The third-order valence-electron chi connectivity index (χ3n) is 11.7. The molecule has 5 amide bonds. The molecule has 450 valence electrons. The first-order valence-electron chi connectivity index (χ1n) is 26.8. The van der Waals surface area contributed by atoms with Gasteiger partial charge in [-0.2, -0.15) is 0 Å². The molecule has 1 aromatic rings. The lowest BCUT2D eigenvalue weighted by atomic mass is 9.94. The minimum absolute atomic E-state index is 0.0107. The van der Waals surface area contributed by atoms with Gasteiger partial charge in [0.2, 0.25) is 29.4 Å². The number of aliphatic carboxylic acids is 4. The van der Waals surface area contributed by atoms with Crippen molar-refractivity contribution in [2.45, 2.75) is 148 Å². The fourth-order valence-corrected chi connectivity index (χ4v) is 7.07. The standard InChI is InChI=1S/C30H46N4O9.C24H37NO12/c1-3-7-26(36)34-25(30(40)41)15-14-23(35)8-6-17-42-18-19-43-20-27(37)33-24(28(31)38)9-4-5-16-32-29(39)22-12-10-21(2)11-13-22;1-16(22(30)31)13-19(27)15-37-12-11-36-10-9-25-21(29)8-7-17(23(32)33)14-18(26)5-3-2-4-6-20(28)24(34)35/h10-13,24-25H,3-9,14-20H2,1-2H3,(H2,31,38)(H,32,39)(H,33,37)(H,34,36)(H,40,41);16-17H,2-15H2,1H3,(H,25,29)(H,30,31)(H,32,33)(H,34,35). The van der Waals surface area contributed by atoms with Crippen LogP contribution in [0.4, 0.5) is 0 Å². The summed E-state index contributed by atoms with van der Waals surface area (Å²) in [6.07, 6.45) is 3.89. The van der Waals surface area contributed by atoms with E-state index in [4.69, 9.17) is 34.9 Å². The summed E-state index contributed by atoms with van der Waals surface area (Å²) in [6.45, 7) is 6.35. The maximum absolute atomic E-state index is 12.1. The van der Waals surface area contributed by atoms with Crippen LogP contribution < -0.4 is 27.0 Å². The van der Waals surface area contributed by atoms with Crippen LogP contribution in [0.2, 0.25) is 0 Å². The van der Waals surface area contributed by atoms with E-state index in [-0.39, 0.29) is 159 Å². The van der Waals surface area contributed by atoms with Crippen molar-refractivity contribution in [3.05, 3.63) is 35.4 Å². The van der Waals surface area contributed by atoms with Crippen molar-refractivity contribution in [1.82, 2.24) is 21.3 Å². The zero-order valence-electron chi connectivity index (χ0n) is 46.2. The van der Waals surface area contributed by atoms with E-state index < -0.39 is 65.4 Å². The van der Waals surface area contributed by atoms with Gasteiger partial charge in [0.15, 0.2) is 5.78 Å². The number of hydrogen-bond acceptors (Lipinski definition) is 17. The largest absolute Gasteiger partial charge is 0.481 e. The minimum atomic E-state index is -1.49. The highest BCUT2D eigenvalue weighted by atomic mass is 16.5. The Morgan fingerprint density at radius 1 is 0.512 bits per heavy atom. The summed E-state index contributed by atoms with van der Waals surface area (Å²) in [5.41, 5.74) is 7.04. The highest BCUT2D eigenvalue weighted by Crippen LogP contribution is 2.16. The monoisotopic (exact) mass is 1140 g/mol. The number of amides is 5. The van der Waals surface area contributed by atoms with Crippen LogP contribution in [0.25, 0.3) is 0 Å². The van der Waals surface area contributed by atoms with Gasteiger partial charge in [0.25, 0.3) is 5.91 Å². The van der Waals surface area contributed by atoms with Gasteiger partial charge in [0.05, 0.1) is 44.9 Å². The van der Waals surface area contributed by atoms with E-state index in [0.717, 1.165) is 5.56 Å². The lowest BCUT2D eigenvalue weighted by Crippen LogP contribution is -2.45. The molecule has 0 fully saturated rings. The first-order valence-corrected chi connectivity index (χ1v) is 26.8. The highest BCUT2D eigenvalue weighted by Gasteiger charge is 2.24. The molecule has 1 rings (SSSR count). The van der Waals surface area contributed by atoms with E-state index in [0.29, 0.717) is 63.5 Å². The number of Topliss-reactive ketones (excluding diaryl/α,β-unsaturated/α-hetero) is 4. The topological polar surface area (TPSA) is 414 Å². The van der Waals surface area contributed by atoms with E-state index in [1.54, 1.807) is 12.1 Å². The molecule has 10 N–H and O–H groups in total. The summed E-state index contributed by atoms with van der Waals surface area (Å²) in [4.78, 5) is 150. The van der Waals surface area contributed by atoms with Gasteiger partial charge in [-0.1, -0.05) is 38.0 Å². The summed E-state index contributed by atoms with van der Waals surface area (Å²) >= 11 is 0. The Balaban J connectivity index is 0.00000158. The SMILES string of the molecule is CC(CC(=O)COCCOCCNC(=O)CCC(CC(=O)CCCCCC(=O)C(=O)O)C(=O)O)C(=O)O.CCCC(=O)NC(CCC(=O)CCCOCCOCC(=O)NC(CCCCNC(=O)c1ccc(C)cc1)C(N)=O)C(=O)O. The van der Waals surface area contributed by atoms with Crippen molar-refractivity contribution in [2.24, 2.45) is 17.6 Å². The third kappa shape index (κ3) is 39.3. The summed E-state index contributed by atoms with van der Waals surface area (Å²) in [7, 11) is 0. The van der Waals surface area contributed by atoms with Gasteiger partial charge < -0.3 is 66.4 Å². The smallest absolute Gasteiger partial charge is 0.372 e. The Labute approximate surface area is 465 Å². The molecule has 0 aliphatic heterocycles. The Hall–Kier alpha value is -7.03. The van der Waals surface area contributed by atoms with Gasteiger partial charge in [-0.05, 0) is 76.8 Å². The molecule has 0 spiro atoms. The maximum atomic E-state index is 12.1. The zero-order chi connectivity index (χ0) is 60.3. The molecule has 1 aromatic carbocycles. The average Bonchev–Trinajstić information content (AvgIpc) is 3.39. The molecule has 4 unspecified atom stereocenters. The van der Waals surface area contributed by atoms with Gasteiger partial charge >= 0.3 is 23.9 Å².